The van der Waals surface area contributed by atoms with Crippen LogP contribution in [0.1, 0.15) is 80.6 Å². The average Bonchev–Trinajstić information content (AvgIpc) is 3.38. The zero-order valence-electron chi connectivity index (χ0n) is 36.8. The van der Waals surface area contributed by atoms with Crippen LogP contribution in [-0.4, -0.2) is 30.1 Å². The van der Waals surface area contributed by atoms with Gasteiger partial charge < -0.3 is 9.47 Å². The molecule has 13 atom stereocenters. The van der Waals surface area contributed by atoms with Crippen molar-refractivity contribution in [1.29, 1.82) is 0 Å². The van der Waals surface area contributed by atoms with Crippen molar-refractivity contribution in [3.8, 4) is 5.75 Å². The quantitative estimate of drug-likeness (QED) is 0.241. The number of benzene rings is 2. The van der Waals surface area contributed by atoms with Crippen molar-refractivity contribution in [1.82, 2.24) is 5.32 Å². The van der Waals surface area contributed by atoms with Crippen LogP contribution < -0.4 is 10.1 Å². The van der Waals surface area contributed by atoms with Crippen molar-refractivity contribution in [2.24, 2.45) is 51.8 Å². The molecule has 3 aromatic rings. The van der Waals surface area contributed by atoms with Gasteiger partial charge in [-0.15, -0.1) is 0 Å². The lowest BCUT2D eigenvalue weighted by Gasteiger charge is -2.63. The first kappa shape index (κ1) is 40.1. The van der Waals surface area contributed by atoms with E-state index in [1.54, 1.807) is 0 Å². The molecule has 0 amide bonds. The third-order valence-corrected chi connectivity index (χ3v) is 17.0. The van der Waals surface area contributed by atoms with Gasteiger partial charge in [0, 0.05) is 53.0 Å². The molecule has 0 radical (unpaired) electrons. The van der Waals surface area contributed by atoms with Crippen LogP contribution in [0.25, 0.3) is 0 Å². The SMILES string of the molecule is c1cccc(C2N=C(C3CCCC4C3Oc3ccccc3C4(C3=CCCC=C3)c3ccccc3)CC(C3C=CCC4C3OC3C=CC=CC3C4(C3C=CC=CC3)C3C=CC=CC3)N2)c#1. The Labute approximate surface area is 380 Å². The number of nitrogens with zero attached hydrogens (tertiary/aromatic N) is 1. The standard InChI is InChI=1S/C60H60N2O2/c1-6-22-41(23-7-1)58-61-52(46-32-20-36-50-56(46)63-54-38-18-16-34-48(54)59(50,42-24-8-2-9-25-42)43-26-10-3-11-27-43)40-53(62-58)47-33-21-37-51-57(47)64-55-39-19-17-35-49(55)60(51,44-28-12-4-13-29-44)45-30-14-5-15-31-45/h1-4,6,8-14,16-20,22,24,26,28-32,34-35,38-39,42-43,46-48,50-52,54,56-58,61H,5,15,21,25,27,33,36-37,40H2. The van der Waals surface area contributed by atoms with Gasteiger partial charge in [-0.3, -0.25) is 10.3 Å². The van der Waals surface area contributed by atoms with Crippen LogP contribution in [0.3, 0.4) is 0 Å². The summed E-state index contributed by atoms with van der Waals surface area (Å²) in [5.74, 6) is 3.01. The number of hydrogen-bond acceptors (Lipinski definition) is 4. The number of para-hydroxylation sites is 1. The van der Waals surface area contributed by atoms with Crippen molar-refractivity contribution in [2.75, 3.05) is 0 Å². The highest BCUT2D eigenvalue weighted by Crippen LogP contribution is 2.64. The smallest absolute Gasteiger partial charge is 0.133 e. The van der Waals surface area contributed by atoms with E-state index in [0.29, 0.717) is 17.8 Å². The molecule has 9 aliphatic rings. The molecule has 1 N–H and O–H groups in total. The van der Waals surface area contributed by atoms with Gasteiger partial charge in [-0.2, -0.15) is 0 Å². The molecular weight excluding hydrogens is 781 g/mol. The largest absolute Gasteiger partial charge is 0.489 e. The van der Waals surface area contributed by atoms with Gasteiger partial charge in [0.2, 0.25) is 0 Å². The minimum Gasteiger partial charge on any atom is -0.489 e. The van der Waals surface area contributed by atoms with Crippen LogP contribution in [-0.2, 0) is 10.2 Å². The van der Waals surface area contributed by atoms with Gasteiger partial charge in [0.1, 0.15) is 18.0 Å². The van der Waals surface area contributed by atoms with Crippen LogP contribution in [0, 0.1) is 59.0 Å². The van der Waals surface area contributed by atoms with Gasteiger partial charge >= 0.3 is 0 Å². The van der Waals surface area contributed by atoms with Crippen molar-refractivity contribution in [2.45, 2.75) is 93.7 Å². The zero-order chi connectivity index (χ0) is 42.5. The highest BCUT2D eigenvalue weighted by molar-refractivity contribution is 5.89. The van der Waals surface area contributed by atoms with E-state index in [0.717, 1.165) is 69.1 Å². The fourth-order valence-corrected chi connectivity index (χ4v) is 14.6. The fourth-order valence-electron chi connectivity index (χ4n) is 14.6. The molecule has 4 nitrogen and oxygen atoms in total. The number of ether oxygens (including phenoxy) is 2. The third kappa shape index (κ3) is 6.44. The van der Waals surface area contributed by atoms with E-state index < -0.39 is 0 Å². The maximum absolute atomic E-state index is 7.58. The Hall–Kier alpha value is -5.47. The summed E-state index contributed by atoms with van der Waals surface area (Å²) < 4.78 is 15.0. The van der Waals surface area contributed by atoms with Crippen LogP contribution in [0.2, 0.25) is 0 Å². The molecule has 13 unspecified atom stereocenters. The Morgan fingerprint density at radius 2 is 1.52 bits per heavy atom. The maximum atomic E-state index is 7.58. The highest BCUT2D eigenvalue weighted by Gasteiger charge is 2.63. The maximum Gasteiger partial charge on any atom is 0.133 e. The molecule has 3 aliphatic heterocycles. The van der Waals surface area contributed by atoms with Gasteiger partial charge in [0.15, 0.2) is 0 Å². The van der Waals surface area contributed by atoms with Crippen molar-refractivity contribution in [3.05, 3.63) is 210 Å². The Balaban J connectivity index is 0.958. The summed E-state index contributed by atoms with van der Waals surface area (Å²) in [6.45, 7) is 0. The Morgan fingerprint density at radius 3 is 2.30 bits per heavy atom. The molecule has 1 saturated carbocycles. The van der Waals surface area contributed by atoms with Crippen LogP contribution >= 0.6 is 0 Å². The molecule has 322 valence electrons. The molecule has 0 bridgehead atoms. The summed E-state index contributed by atoms with van der Waals surface area (Å²) in [6.07, 6.45) is 50.1. The first-order valence-corrected chi connectivity index (χ1v) is 24.5. The van der Waals surface area contributed by atoms with Crippen LogP contribution in [0.15, 0.2) is 187 Å². The van der Waals surface area contributed by atoms with Gasteiger partial charge in [0.05, 0.1) is 17.6 Å². The molecule has 3 aromatic carbocycles. The van der Waals surface area contributed by atoms with Gasteiger partial charge in [-0.05, 0) is 97.5 Å². The lowest BCUT2D eigenvalue weighted by Crippen LogP contribution is -2.64. The van der Waals surface area contributed by atoms with E-state index in [1.807, 2.05) is 6.07 Å². The Bertz CT molecular complexity index is 2490. The molecule has 3 heterocycles. The van der Waals surface area contributed by atoms with E-state index >= 15 is 0 Å². The van der Waals surface area contributed by atoms with E-state index in [2.05, 4.69) is 187 Å². The van der Waals surface area contributed by atoms with Crippen molar-refractivity contribution < 1.29 is 9.47 Å². The van der Waals surface area contributed by atoms with Gasteiger partial charge in [0.25, 0.3) is 0 Å². The molecule has 0 spiro atoms. The molecular formula is C60H60N2O2. The number of hydrogen-bond donors (Lipinski definition) is 1. The molecule has 12 rings (SSSR count). The number of nitrogens with one attached hydrogen (secondary N) is 1. The summed E-state index contributed by atoms with van der Waals surface area (Å²) in [6, 6.07) is 33.4. The highest BCUT2D eigenvalue weighted by atomic mass is 16.5. The summed E-state index contributed by atoms with van der Waals surface area (Å²) in [5, 5.41) is 4.17. The molecule has 6 aliphatic carbocycles. The molecule has 64 heavy (non-hydrogen) atoms. The van der Waals surface area contributed by atoms with Crippen molar-refractivity contribution in [3.63, 3.8) is 0 Å². The lowest BCUT2D eigenvalue weighted by atomic mass is 9.45. The third-order valence-electron chi connectivity index (χ3n) is 17.0. The van der Waals surface area contributed by atoms with Crippen LogP contribution in [0.5, 0.6) is 5.75 Å². The second-order valence-corrected chi connectivity index (χ2v) is 19.8. The molecule has 0 aromatic heterocycles. The zero-order valence-corrected chi connectivity index (χ0v) is 36.8. The number of aliphatic imine (C=N–C) groups is 1. The number of fused-ring (bicyclic) bond motifs is 4. The van der Waals surface area contributed by atoms with Gasteiger partial charge in [-0.1, -0.05) is 176 Å². The minimum absolute atomic E-state index is 0.0174. The number of rotatable bonds is 7. The molecule has 1 saturated heterocycles. The first-order chi connectivity index (χ1) is 31.7. The second kappa shape index (κ2) is 16.8. The van der Waals surface area contributed by atoms with E-state index in [4.69, 9.17) is 14.5 Å². The van der Waals surface area contributed by atoms with Gasteiger partial charge in [-0.25, -0.2) is 0 Å². The van der Waals surface area contributed by atoms with E-state index in [1.165, 1.54) is 22.4 Å². The van der Waals surface area contributed by atoms with Crippen LogP contribution in [0.4, 0.5) is 0 Å². The summed E-state index contributed by atoms with van der Waals surface area (Å²) in [7, 11) is 0. The average molecular weight is 841 g/mol. The summed E-state index contributed by atoms with van der Waals surface area (Å²) in [4.78, 5) is 5.77. The predicted octanol–water partition coefficient (Wildman–Crippen LogP) is 12.5. The second-order valence-electron chi connectivity index (χ2n) is 19.8. The fraction of sp³-hybridized carbons (Fsp3) is 0.383. The Kier molecular flexibility index (Phi) is 10.5. The molecule has 2 fully saturated rings. The summed E-state index contributed by atoms with van der Waals surface area (Å²) >= 11 is 0. The van der Waals surface area contributed by atoms with E-state index in [-0.39, 0.29) is 65.0 Å². The predicted molar refractivity (Wildman–Crippen MR) is 258 cm³/mol. The number of allylic oxidation sites excluding steroid dienone is 15. The van der Waals surface area contributed by atoms with E-state index in [9.17, 15) is 0 Å². The van der Waals surface area contributed by atoms with Crippen molar-refractivity contribution >= 4 is 5.71 Å². The molecule has 4 heteroatoms. The first-order valence-electron chi connectivity index (χ1n) is 24.5. The minimum atomic E-state index is -0.326. The normalized spacial score (nSPS) is 39.0. The monoisotopic (exact) mass is 840 g/mol. The summed E-state index contributed by atoms with van der Waals surface area (Å²) in [5.41, 5.74) is 6.06. The topological polar surface area (TPSA) is 42.9 Å². The lowest BCUT2D eigenvalue weighted by molar-refractivity contribution is -0.205. The Morgan fingerprint density at radius 1 is 0.703 bits per heavy atom.